The van der Waals surface area contributed by atoms with Gasteiger partial charge in [0.15, 0.2) is 5.75 Å². The van der Waals surface area contributed by atoms with Crippen molar-refractivity contribution >= 4 is 5.97 Å². The van der Waals surface area contributed by atoms with E-state index in [0.29, 0.717) is 24.8 Å². The SMILES string of the molecule is O=C([O-])c1cnc2c(c1)OCCO2. The van der Waals surface area contributed by atoms with Crippen LogP contribution in [0.4, 0.5) is 0 Å². The van der Waals surface area contributed by atoms with Gasteiger partial charge >= 0.3 is 0 Å². The smallest absolute Gasteiger partial charge is 0.257 e. The summed E-state index contributed by atoms with van der Waals surface area (Å²) in [4.78, 5) is 14.2. The quantitative estimate of drug-likeness (QED) is 0.566. The zero-order chi connectivity index (χ0) is 9.26. The van der Waals surface area contributed by atoms with Crippen molar-refractivity contribution < 1.29 is 19.4 Å². The first-order chi connectivity index (χ1) is 6.27. The Kier molecular flexibility index (Phi) is 1.77. The Balaban J connectivity index is 2.40. The number of aromatic carboxylic acids is 1. The molecule has 0 saturated heterocycles. The number of rotatable bonds is 1. The van der Waals surface area contributed by atoms with Crippen LogP contribution in [-0.4, -0.2) is 24.2 Å². The molecule has 0 atom stereocenters. The number of carboxylic acid groups (broad SMARTS) is 1. The number of ether oxygens (including phenoxy) is 2. The van der Waals surface area contributed by atoms with E-state index in [1.807, 2.05) is 0 Å². The number of pyridine rings is 1. The van der Waals surface area contributed by atoms with E-state index in [0.717, 1.165) is 0 Å². The van der Waals surface area contributed by atoms with Crippen molar-refractivity contribution in [1.82, 2.24) is 4.98 Å². The Bertz CT molecular complexity index is 350. The van der Waals surface area contributed by atoms with Gasteiger partial charge in [-0.05, 0) is 6.07 Å². The second-order valence-corrected chi connectivity index (χ2v) is 2.51. The standard InChI is InChI=1S/C8H7NO4/c10-8(11)5-3-6-7(9-4-5)13-2-1-12-6/h3-4H,1-2H2,(H,10,11)/p-1. The summed E-state index contributed by atoms with van der Waals surface area (Å²) in [5, 5.41) is 10.4. The number of fused-ring (bicyclic) bond motifs is 1. The summed E-state index contributed by atoms with van der Waals surface area (Å²) in [7, 11) is 0. The van der Waals surface area contributed by atoms with Gasteiger partial charge in [0.2, 0.25) is 0 Å². The van der Waals surface area contributed by atoms with E-state index in [-0.39, 0.29) is 5.56 Å². The molecule has 0 saturated carbocycles. The molecule has 0 aliphatic carbocycles. The summed E-state index contributed by atoms with van der Waals surface area (Å²) in [6.07, 6.45) is 1.18. The van der Waals surface area contributed by atoms with Crippen LogP contribution in [0.5, 0.6) is 11.6 Å². The van der Waals surface area contributed by atoms with Crippen LogP contribution in [0.3, 0.4) is 0 Å². The Morgan fingerprint density at radius 3 is 3.00 bits per heavy atom. The van der Waals surface area contributed by atoms with Gasteiger partial charge < -0.3 is 19.4 Å². The lowest BCUT2D eigenvalue weighted by atomic mass is 10.3. The molecule has 13 heavy (non-hydrogen) atoms. The number of nitrogens with zero attached hydrogens (tertiary/aromatic N) is 1. The van der Waals surface area contributed by atoms with Crippen LogP contribution in [0.25, 0.3) is 0 Å². The highest BCUT2D eigenvalue weighted by molar-refractivity contribution is 5.86. The second-order valence-electron chi connectivity index (χ2n) is 2.51. The number of hydrogen-bond acceptors (Lipinski definition) is 5. The maximum atomic E-state index is 10.4. The molecule has 1 aromatic rings. The number of hydrogen-bond donors (Lipinski definition) is 0. The maximum Gasteiger partial charge on any atom is 0.257 e. The summed E-state index contributed by atoms with van der Waals surface area (Å²) >= 11 is 0. The van der Waals surface area contributed by atoms with E-state index >= 15 is 0 Å². The minimum atomic E-state index is -1.27. The van der Waals surface area contributed by atoms with Gasteiger partial charge in [-0.25, -0.2) is 4.98 Å². The van der Waals surface area contributed by atoms with Crippen molar-refractivity contribution in [2.24, 2.45) is 0 Å². The molecule has 0 spiro atoms. The fraction of sp³-hybridized carbons (Fsp3) is 0.250. The summed E-state index contributed by atoms with van der Waals surface area (Å²) in [6, 6.07) is 1.34. The molecule has 68 valence electrons. The molecule has 0 bridgehead atoms. The molecule has 5 nitrogen and oxygen atoms in total. The number of aromatic nitrogens is 1. The van der Waals surface area contributed by atoms with Crippen LogP contribution >= 0.6 is 0 Å². The van der Waals surface area contributed by atoms with Crippen LogP contribution in [-0.2, 0) is 0 Å². The largest absolute Gasteiger partial charge is 0.545 e. The Morgan fingerprint density at radius 1 is 1.46 bits per heavy atom. The van der Waals surface area contributed by atoms with Crippen LogP contribution in [0.2, 0.25) is 0 Å². The number of carbonyl (C=O) groups is 1. The molecule has 1 aromatic heterocycles. The molecule has 0 fully saturated rings. The molecule has 5 heteroatoms. The lowest BCUT2D eigenvalue weighted by Crippen LogP contribution is -2.23. The molecule has 1 aliphatic heterocycles. The van der Waals surface area contributed by atoms with Crippen molar-refractivity contribution in [3.63, 3.8) is 0 Å². The first kappa shape index (κ1) is 7.85. The fourth-order valence-electron chi connectivity index (χ4n) is 1.05. The van der Waals surface area contributed by atoms with E-state index < -0.39 is 5.97 Å². The van der Waals surface area contributed by atoms with Crippen molar-refractivity contribution in [2.45, 2.75) is 0 Å². The van der Waals surface area contributed by atoms with E-state index in [2.05, 4.69) is 4.98 Å². The molecule has 2 rings (SSSR count). The third kappa shape index (κ3) is 1.40. The molecule has 2 heterocycles. The minimum absolute atomic E-state index is 0.00995. The van der Waals surface area contributed by atoms with Crippen LogP contribution < -0.4 is 14.6 Å². The number of carboxylic acids is 1. The topological polar surface area (TPSA) is 71.5 Å². The highest BCUT2D eigenvalue weighted by Gasteiger charge is 2.13. The van der Waals surface area contributed by atoms with Crippen LogP contribution in [0.1, 0.15) is 10.4 Å². The monoisotopic (exact) mass is 180 g/mol. The minimum Gasteiger partial charge on any atom is -0.545 e. The molecule has 0 amide bonds. The molecule has 0 N–H and O–H groups in total. The second kappa shape index (κ2) is 2.93. The van der Waals surface area contributed by atoms with Crippen molar-refractivity contribution in [3.8, 4) is 11.6 Å². The van der Waals surface area contributed by atoms with E-state index in [4.69, 9.17) is 9.47 Å². The fourth-order valence-corrected chi connectivity index (χ4v) is 1.05. The van der Waals surface area contributed by atoms with E-state index in [1.54, 1.807) is 0 Å². The summed E-state index contributed by atoms with van der Waals surface area (Å²) in [6.45, 7) is 0.843. The predicted octanol–water partition coefficient (Wildman–Crippen LogP) is -0.784. The zero-order valence-electron chi connectivity index (χ0n) is 6.65. The van der Waals surface area contributed by atoms with Crippen molar-refractivity contribution in [1.29, 1.82) is 0 Å². The molecule has 1 aliphatic rings. The zero-order valence-corrected chi connectivity index (χ0v) is 6.65. The van der Waals surface area contributed by atoms with Gasteiger partial charge in [0.05, 0.1) is 5.97 Å². The predicted molar refractivity (Wildman–Crippen MR) is 39.6 cm³/mol. The van der Waals surface area contributed by atoms with Gasteiger partial charge in [-0.3, -0.25) is 0 Å². The molecular formula is C8H6NO4-. The third-order valence-corrected chi connectivity index (χ3v) is 1.63. The first-order valence-corrected chi connectivity index (χ1v) is 3.74. The highest BCUT2D eigenvalue weighted by atomic mass is 16.6. The molecule has 0 aromatic carbocycles. The summed E-state index contributed by atoms with van der Waals surface area (Å²) in [5.41, 5.74) is -0.00995. The Morgan fingerprint density at radius 2 is 2.23 bits per heavy atom. The maximum absolute atomic E-state index is 10.4. The van der Waals surface area contributed by atoms with Gasteiger partial charge in [-0.15, -0.1) is 0 Å². The third-order valence-electron chi connectivity index (χ3n) is 1.63. The average molecular weight is 180 g/mol. The van der Waals surface area contributed by atoms with Gasteiger partial charge in [-0.2, -0.15) is 0 Å². The van der Waals surface area contributed by atoms with Crippen molar-refractivity contribution in [3.05, 3.63) is 17.8 Å². The summed E-state index contributed by atoms with van der Waals surface area (Å²) < 4.78 is 10.2. The normalized spacial score (nSPS) is 13.8. The Hall–Kier alpha value is -1.78. The molecule has 0 radical (unpaired) electrons. The first-order valence-electron chi connectivity index (χ1n) is 3.74. The summed E-state index contributed by atoms with van der Waals surface area (Å²) in [5.74, 6) is -0.589. The van der Waals surface area contributed by atoms with Gasteiger partial charge in [0, 0.05) is 11.8 Å². The average Bonchev–Trinajstić information content (AvgIpc) is 2.17. The lowest BCUT2D eigenvalue weighted by molar-refractivity contribution is -0.255. The Labute approximate surface area is 73.9 Å². The van der Waals surface area contributed by atoms with E-state index in [9.17, 15) is 9.90 Å². The number of carbonyl (C=O) groups excluding carboxylic acids is 1. The molecule has 0 unspecified atom stereocenters. The van der Waals surface area contributed by atoms with Crippen molar-refractivity contribution in [2.75, 3.05) is 13.2 Å². The highest BCUT2D eigenvalue weighted by Crippen LogP contribution is 2.27. The lowest BCUT2D eigenvalue weighted by Gasteiger charge is -2.17. The molecular weight excluding hydrogens is 174 g/mol. The van der Waals surface area contributed by atoms with E-state index in [1.165, 1.54) is 12.3 Å². The van der Waals surface area contributed by atoms with Gasteiger partial charge in [0.25, 0.3) is 5.88 Å². The van der Waals surface area contributed by atoms with Gasteiger partial charge in [0.1, 0.15) is 13.2 Å². The van der Waals surface area contributed by atoms with Crippen LogP contribution in [0, 0.1) is 0 Å². The van der Waals surface area contributed by atoms with Crippen LogP contribution in [0.15, 0.2) is 12.3 Å². The van der Waals surface area contributed by atoms with Gasteiger partial charge in [-0.1, -0.05) is 0 Å².